The molecule has 1 aliphatic heterocycles. The van der Waals surface area contributed by atoms with E-state index in [4.69, 9.17) is 4.74 Å². The molecule has 1 aliphatic carbocycles. The monoisotopic (exact) mass is 306 g/mol. The second kappa shape index (κ2) is 5.99. The molecule has 1 aromatic rings. The van der Waals surface area contributed by atoms with Gasteiger partial charge < -0.3 is 9.64 Å². The van der Waals surface area contributed by atoms with Crippen LogP contribution in [-0.4, -0.2) is 45.7 Å². The van der Waals surface area contributed by atoms with Gasteiger partial charge in [0.25, 0.3) is 0 Å². The summed E-state index contributed by atoms with van der Waals surface area (Å²) in [6.45, 7) is 8.05. The molecule has 2 fully saturated rings. The molecule has 0 spiro atoms. The number of rotatable bonds is 4. The molecule has 0 unspecified atom stereocenters. The lowest BCUT2D eigenvalue weighted by Gasteiger charge is -2.32. The fourth-order valence-electron chi connectivity index (χ4n) is 2.69. The molecule has 6 nitrogen and oxygen atoms in total. The zero-order chi connectivity index (χ0) is 15.7. The van der Waals surface area contributed by atoms with Gasteiger partial charge in [-0.3, -0.25) is 9.89 Å². The van der Waals surface area contributed by atoms with Crippen molar-refractivity contribution in [1.29, 1.82) is 0 Å². The molecular weight excluding hydrogens is 280 g/mol. The molecule has 0 aromatic carbocycles. The maximum absolute atomic E-state index is 12.3. The van der Waals surface area contributed by atoms with Crippen LogP contribution in [0, 0.1) is 5.92 Å². The van der Waals surface area contributed by atoms with Crippen LogP contribution in [0.15, 0.2) is 0 Å². The minimum atomic E-state index is -0.192. The Morgan fingerprint density at radius 2 is 2.18 bits per heavy atom. The maximum Gasteiger partial charge on any atom is 0.222 e. The molecule has 6 heteroatoms. The van der Waals surface area contributed by atoms with E-state index in [1.54, 1.807) is 0 Å². The van der Waals surface area contributed by atoms with E-state index in [0.717, 1.165) is 24.0 Å². The van der Waals surface area contributed by atoms with Crippen molar-refractivity contribution in [3.05, 3.63) is 11.6 Å². The number of nitrogens with one attached hydrogen (secondary N) is 1. The highest BCUT2D eigenvalue weighted by Crippen LogP contribution is 2.34. The summed E-state index contributed by atoms with van der Waals surface area (Å²) in [6, 6.07) is 0. The summed E-state index contributed by atoms with van der Waals surface area (Å²) in [5.74, 6) is 2.55. The van der Waals surface area contributed by atoms with E-state index in [9.17, 15) is 4.79 Å². The molecule has 1 saturated heterocycles. The first-order chi connectivity index (χ1) is 10.4. The Kier molecular flexibility index (Phi) is 4.21. The first kappa shape index (κ1) is 15.5. The van der Waals surface area contributed by atoms with E-state index < -0.39 is 0 Å². The summed E-state index contributed by atoms with van der Waals surface area (Å²) < 4.78 is 5.78. The lowest BCUT2D eigenvalue weighted by molar-refractivity contribution is -0.139. The normalized spacial score (nSPS) is 22.9. The van der Waals surface area contributed by atoms with Crippen molar-refractivity contribution in [2.45, 2.75) is 58.0 Å². The van der Waals surface area contributed by atoms with Gasteiger partial charge in [-0.15, -0.1) is 0 Å². The van der Waals surface area contributed by atoms with Crippen LogP contribution in [0.3, 0.4) is 0 Å². The lowest BCUT2D eigenvalue weighted by Crippen LogP contribution is -2.42. The van der Waals surface area contributed by atoms with Crippen LogP contribution < -0.4 is 0 Å². The predicted octanol–water partition coefficient (Wildman–Crippen LogP) is 2.19. The Morgan fingerprint density at radius 3 is 2.82 bits per heavy atom. The van der Waals surface area contributed by atoms with Crippen molar-refractivity contribution in [2.75, 3.05) is 19.7 Å². The molecule has 1 saturated carbocycles. The molecule has 3 rings (SSSR count). The molecule has 1 N–H and O–H groups in total. The maximum atomic E-state index is 12.3. The summed E-state index contributed by atoms with van der Waals surface area (Å²) in [4.78, 5) is 18.8. The molecule has 2 heterocycles. The van der Waals surface area contributed by atoms with Crippen LogP contribution in [0.25, 0.3) is 0 Å². The predicted molar refractivity (Wildman–Crippen MR) is 82.3 cm³/mol. The first-order valence-corrected chi connectivity index (χ1v) is 8.25. The summed E-state index contributed by atoms with van der Waals surface area (Å²) in [5, 5.41) is 7.26. The molecule has 0 bridgehead atoms. The van der Waals surface area contributed by atoms with E-state index in [2.05, 4.69) is 36.0 Å². The second-order valence-electron chi connectivity index (χ2n) is 7.48. The topological polar surface area (TPSA) is 71.1 Å². The Labute approximate surface area is 131 Å². The number of H-pyrrole nitrogens is 1. The zero-order valence-corrected chi connectivity index (χ0v) is 13.8. The minimum Gasteiger partial charge on any atom is -0.367 e. The SMILES string of the molecule is CC(C)(C)c1n[nH]c([C@H]2CN(C(=O)CCC3CC3)CCO2)n1. The quantitative estimate of drug-likeness (QED) is 0.925. The Bertz CT molecular complexity index is 530. The van der Waals surface area contributed by atoms with Gasteiger partial charge >= 0.3 is 0 Å². The third-order valence-corrected chi connectivity index (χ3v) is 4.36. The number of morpholine rings is 1. The van der Waals surface area contributed by atoms with Crippen LogP contribution in [-0.2, 0) is 14.9 Å². The van der Waals surface area contributed by atoms with Crippen LogP contribution in [0.1, 0.15) is 64.2 Å². The molecule has 1 aromatic heterocycles. The van der Waals surface area contributed by atoms with Gasteiger partial charge in [0.2, 0.25) is 5.91 Å². The molecule has 122 valence electrons. The third kappa shape index (κ3) is 3.66. The highest BCUT2D eigenvalue weighted by atomic mass is 16.5. The number of hydrogen-bond acceptors (Lipinski definition) is 4. The van der Waals surface area contributed by atoms with Gasteiger partial charge in [-0.25, -0.2) is 4.98 Å². The Morgan fingerprint density at radius 1 is 1.41 bits per heavy atom. The number of aromatic nitrogens is 3. The molecule has 1 atom stereocenters. The van der Waals surface area contributed by atoms with E-state index in [1.165, 1.54) is 12.8 Å². The average Bonchev–Trinajstić information content (AvgIpc) is 3.17. The Hall–Kier alpha value is -1.43. The van der Waals surface area contributed by atoms with Crippen molar-refractivity contribution in [3.8, 4) is 0 Å². The van der Waals surface area contributed by atoms with Crippen LogP contribution in [0.2, 0.25) is 0 Å². The van der Waals surface area contributed by atoms with Gasteiger partial charge in [0.15, 0.2) is 11.6 Å². The second-order valence-corrected chi connectivity index (χ2v) is 7.48. The van der Waals surface area contributed by atoms with Crippen LogP contribution in [0.4, 0.5) is 0 Å². The molecule has 1 amide bonds. The van der Waals surface area contributed by atoms with Gasteiger partial charge in [-0.05, 0) is 12.3 Å². The molecule has 22 heavy (non-hydrogen) atoms. The summed E-state index contributed by atoms with van der Waals surface area (Å²) in [6.07, 6.45) is 4.11. The van der Waals surface area contributed by atoms with Crippen LogP contribution in [0.5, 0.6) is 0 Å². The van der Waals surface area contributed by atoms with E-state index in [-0.39, 0.29) is 17.4 Å². The highest BCUT2D eigenvalue weighted by molar-refractivity contribution is 5.76. The molecular formula is C16H26N4O2. The summed E-state index contributed by atoms with van der Waals surface area (Å²) in [5.41, 5.74) is -0.0941. The number of aromatic amines is 1. The average molecular weight is 306 g/mol. The fourth-order valence-corrected chi connectivity index (χ4v) is 2.69. The number of carbonyl (C=O) groups excluding carboxylic acids is 1. The first-order valence-electron chi connectivity index (χ1n) is 8.25. The molecule has 0 radical (unpaired) electrons. The molecule has 2 aliphatic rings. The van der Waals surface area contributed by atoms with Crippen molar-refractivity contribution in [3.63, 3.8) is 0 Å². The third-order valence-electron chi connectivity index (χ3n) is 4.36. The van der Waals surface area contributed by atoms with Gasteiger partial charge in [-0.1, -0.05) is 33.6 Å². The van der Waals surface area contributed by atoms with Gasteiger partial charge in [0.05, 0.1) is 13.2 Å². The lowest BCUT2D eigenvalue weighted by atomic mass is 9.96. The van der Waals surface area contributed by atoms with Crippen molar-refractivity contribution < 1.29 is 9.53 Å². The van der Waals surface area contributed by atoms with Gasteiger partial charge in [0, 0.05) is 18.4 Å². The zero-order valence-electron chi connectivity index (χ0n) is 13.8. The number of ether oxygens (including phenoxy) is 1. The van der Waals surface area contributed by atoms with Gasteiger partial charge in [-0.2, -0.15) is 5.10 Å². The summed E-state index contributed by atoms with van der Waals surface area (Å²) in [7, 11) is 0. The van der Waals surface area contributed by atoms with E-state index in [1.807, 2.05) is 4.90 Å². The Balaban J connectivity index is 1.59. The standard InChI is InChI=1S/C16H26N4O2/c1-16(2,3)15-17-14(18-19-15)12-10-20(8-9-22-12)13(21)7-6-11-4-5-11/h11-12H,4-10H2,1-3H3,(H,17,18,19)/t12-/m1/s1. The summed E-state index contributed by atoms with van der Waals surface area (Å²) >= 11 is 0. The minimum absolute atomic E-state index is 0.0941. The van der Waals surface area contributed by atoms with Crippen molar-refractivity contribution in [2.24, 2.45) is 5.92 Å². The number of amides is 1. The smallest absolute Gasteiger partial charge is 0.222 e. The largest absolute Gasteiger partial charge is 0.367 e. The van der Waals surface area contributed by atoms with Gasteiger partial charge in [0.1, 0.15) is 6.10 Å². The number of hydrogen-bond donors (Lipinski definition) is 1. The number of carbonyl (C=O) groups is 1. The van der Waals surface area contributed by atoms with Crippen molar-refractivity contribution in [1.82, 2.24) is 20.1 Å². The number of nitrogens with zero attached hydrogens (tertiary/aromatic N) is 3. The highest BCUT2D eigenvalue weighted by Gasteiger charge is 2.30. The van der Waals surface area contributed by atoms with E-state index >= 15 is 0 Å². The van der Waals surface area contributed by atoms with Crippen molar-refractivity contribution >= 4 is 5.91 Å². The van der Waals surface area contributed by atoms with E-state index in [0.29, 0.717) is 26.1 Å². The van der Waals surface area contributed by atoms with Crippen LogP contribution >= 0.6 is 0 Å². The fraction of sp³-hybridized carbons (Fsp3) is 0.812.